The molecule has 0 bridgehead atoms. The molecule has 1 aromatic rings. The molecule has 0 aliphatic rings. The zero-order valence-electron chi connectivity index (χ0n) is 12.0. The van der Waals surface area contributed by atoms with E-state index in [2.05, 4.69) is 5.32 Å². The average molecular weight is 265 g/mol. The van der Waals surface area contributed by atoms with E-state index < -0.39 is 6.10 Å². The summed E-state index contributed by atoms with van der Waals surface area (Å²) in [6.07, 6.45) is -0.495. The quantitative estimate of drug-likeness (QED) is 0.831. The third-order valence-corrected chi connectivity index (χ3v) is 2.69. The molecule has 0 aliphatic carbocycles. The molecule has 0 saturated heterocycles. The normalized spacial score (nSPS) is 12.6. The number of carbonyl (C=O) groups excluding carboxylic acids is 1. The Bertz CT molecular complexity index is 416. The van der Waals surface area contributed by atoms with Gasteiger partial charge in [0.15, 0.2) is 0 Å². The molecule has 0 spiro atoms. The smallest absolute Gasteiger partial charge is 0.227 e. The Balaban J connectivity index is 2.68. The van der Waals surface area contributed by atoms with Crippen LogP contribution in [0.1, 0.15) is 34.1 Å². The number of hydrogen-bond acceptors (Lipinski definition) is 3. The van der Waals surface area contributed by atoms with Gasteiger partial charge in [0, 0.05) is 0 Å². The molecule has 0 heterocycles. The van der Waals surface area contributed by atoms with Gasteiger partial charge in [-0.05, 0) is 31.9 Å². The Morgan fingerprint density at radius 1 is 1.26 bits per heavy atom. The van der Waals surface area contributed by atoms with Crippen LogP contribution in [-0.4, -0.2) is 23.2 Å². The average Bonchev–Trinajstić information content (AvgIpc) is 2.30. The van der Waals surface area contributed by atoms with Crippen LogP contribution in [0, 0.1) is 5.92 Å². The monoisotopic (exact) mass is 265 g/mol. The highest BCUT2D eigenvalue weighted by molar-refractivity contribution is 5.92. The maximum absolute atomic E-state index is 11.8. The third kappa shape index (κ3) is 5.30. The first kappa shape index (κ1) is 15.5. The summed E-state index contributed by atoms with van der Waals surface area (Å²) in [6, 6.07) is 7.30. The molecule has 0 saturated carbocycles. The van der Waals surface area contributed by atoms with Gasteiger partial charge in [-0.1, -0.05) is 26.0 Å². The van der Waals surface area contributed by atoms with Gasteiger partial charge in [-0.2, -0.15) is 0 Å². The first-order valence-electron chi connectivity index (χ1n) is 6.63. The number of hydrogen-bond donors (Lipinski definition) is 2. The minimum absolute atomic E-state index is 0.0410. The van der Waals surface area contributed by atoms with E-state index >= 15 is 0 Å². The van der Waals surface area contributed by atoms with Gasteiger partial charge in [-0.15, -0.1) is 0 Å². The predicted octanol–water partition coefficient (Wildman–Crippen LogP) is 2.82. The van der Waals surface area contributed by atoms with Crippen LogP contribution in [0.4, 0.5) is 5.69 Å². The largest absolute Gasteiger partial charge is 0.489 e. The Morgan fingerprint density at radius 3 is 2.47 bits per heavy atom. The molecule has 0 aromatic heterocycles. The van der Waals surface area contributed by atoms with E-state index in [4.69, 9.17) is 4.74 Å². The standard InChI is InChI=1S/C15H23NO3/c1-10(2)13(17)9-15(18)16-12-7-5-6-8-14(12)19-11(3)4/h5-8,10-11,13,17H,9H2,1-4H3,(H,16,18). The number of nitrogens with one attached hydrogen (secondary N) is 1. The van der Waals surface area contributed by atoms with E-state index in [-0.39, 0.29) is 24.3 Å². The van der Waals surface area contributed by atoms with Crippen molar-refractivity contribution >= 4 is 11.6 Å². The molecule has 1 atom stereocenters. The van der Waals surface area contributed by atoms with Gasteiger partial charge >= 0.3 is 0 Å². The van der Waals surface area contributed by atoms with Gasteiger partial charge < -0.3 is 15.2 Å². The summed E-state index contributed by atoms with van der Waals surface area (Å²) in [4.78, 5) is 11.8. The maximum atomic E-state index is 11.8. The van der Waals surface area contributed by atoms with Crippen LogP contribution in [-0.2, 0) is 4.79 Å². The molecule has 106 valence electrons. The summed E-state index contributed by atoms with van der Waals surface area (Å²) in [5, 5.41) is 12.5. The van der Waals surface area contributed by atoms with E-state index in [0.29, 0.717) is 11.4 Å². The molecule has 4 heteroatoms. The van der Waals surface area contributed by atoms with E-state index in [0.717, 1.165) is 0 Å². The lowest BCUT2D eigenvalue weighted by molar-refractivity contribution is -0.118. The van der Waals surface area contributed by atoms with Crippen molar-refractivity contribution in [3.05, 3.63) is 24.3 Å². The molecular formula is C15H23NO3. The van der Waals surface area contributed by atoms with Gasteiger partial charge in [0.2, 0.25) is 5.91 Å². The van der Waals surface area contributed by atoms with Gasteiger partial charge in [0.25, 0.3) is 0 Å². The Hall–Kier alpha value is -1.55. The van der Waals surface area contributed by atoms with Crippen molar-refractivity contribution in [3.63, 3.8) is 0 Å². The number of carbonyl (C=O) groups is 1. The van der Waals surface area contributed by atoms with Crippen molar-refractivity contribution < 1.29 is 14.6 Å². The van der Waals surface area contributed by atoms with Gasteiger partial charge in [0.05, 0.1) is 24.3 Å². The SMILES string of the molecule is CC(C)Oc1ccccc1NC(=O)CC(O)C(C)C. The summed E-state index contributed by atoms with van der Waals surface area (Å²) >= 11 is 0. The van der Waals surface area contributed by atoms with Crippen molar-refractivity contribution in [2.75, 3.05) is 5.32 Å². The zero-order valence-corrected chi connectivity index (χ0v) is 12.0. The molecule has 1 amide bonds. The van der Waals surface area contributed by atoms with Crippen LogP contribution in [0.15, 0.2) is 24.3 Å². The number of benzene rings is 1. The summed E-state index contributed by atoms with van der Waals surface area (Å²) in [7, 11) is 0. The number of aliphatic hydroxyl groups excluding tert-OH is 1. The van der Waals surface area contributed by atoms with Crippen molar-refractivity contribution in [3.8, 4) is 5.75 Å². The van der Waals surface area contributed by atoms with Gasteiger partial charge in [0.1, 0.15) is 5.75 Å². The number of amides is 1. The lowest BCUT2D eigenvalue weighted by Gasteiger charge is -2.17. The first-order chi connectivity index (χ1) is 8.90. The van der Waals surface area contributed by atoms with Gasteiger partial charge in [-0.25, -0.2) is 0 Å². The highest BCUT2D eigenvalue weighted by Gasteiger charge is 2.15. The summed E-state index contributed by atoms with van der Waals surface area (Å²) < 4.78 is 5.62. The Labute approximate surface area is 114 Å². The highest BCUT2D eigenvalue weighted by atomic mass is 16.5. The van der Waals surface area contributed by atoms with Gasteiger partial charge in [-0.3, -0.25) is 4.79 Å². The third-order valence-electron chi connectivity index (χ3n) is 2.69. The molecule has 0 radical (unpaired) electrons. The highest BCUT2D eigenvalue weighted by Crippen LogP contribution is 2.25. The number of rotatable bonds is 6. The fraction of sp³-hybridized carbons (Fsp3) is 0.533. The zero-order chi connectivity index (χ0) is 14.4. The molecule has 0 fully saturated rings. The topological polar surface area (TPSA) is 58.6 Å². The summed E-state index contributed by atoms with van der Waals surface area (Å²) in [6.45, 7) is 7.63. The number of para-hydroxylation sites is 2. The molecule has 1 rings (SSSR count). The first-order valence-corrected chi connectivity index (χ1v) is 6.63. The van der Waals surface area contributed by atoms with E-state index in [1.54, 1.807) is 6.07 Å². The van der Waals surface area contributed by atoms with Crippen LogP contribution in [0.2, 0.25) is 0 Å². The van der Waals surface area contributed by atoms with Crippen molar-refractivity contribution in [2.45, 2.75) is 46.3 Å². The van der Waals surface area contributed by atoms with Crippen LogP contribution in [0.3, 0.4) is 0 Å². The minimum Gasteiger partial charge on any atom is -0.489 e. The van der Waals surface area contributed by atoms with Crippen LogP contribution < -0.4 is 10.1 Å². The Morgan fingerprint density at radius 2 is 1.89 bits per heavy atom. The minimum atomic E-state index is -0.627. The lowest BCUT2D eigenvalue weighted by Crippen LogP contribution is -2.24. The maximum Gasteiger partial charge on any atom is 0.227 e. The molecule has 1 unspecified atom stereocenters. The summed E-state index contributed by atoms with van der Waals surface area (Å²) in [5.41, 5.74) is 0.636. The second kappa shape index (κ2) is 7.14. The number of aliphatic hydroxyl groups is 1. The fourth-order valence-corrected chi connectivity index (χ4v) is 1.55. The van der Waals surface area contributed by atoms with Crippen LogP contribution in [0.5, 0.6) is 5.75 Å². The molecule has 0 aliphatic heterocycles. The fourth-order valence-electron chi connectivity index (χ4n) is 1.55. The molecular weight excluding hydrogens is 242 g/mol. The van der Waals surface area contributed by atoms with E-state index in [1.807, 2.05) is 45.9 Å². The van der Waals surface area contributed by atoms with Crippen LogP contribution >= 0.6 is 0 Å². The molecule has 4 nitrogen and oxygen atoms in total. The molecule has 1 aromatic carbocycles. The van der Waals surface area contributed by atoms with Crippen molar-refractivity contribution in [1.82, 2.24) is 0 Å². The molecule has 19 heavy (non-hydrogen) atoms. The van der Waals surface area contributed by atoms with Crippen LogP contribution in [0.25, 0.3) is 0 Å². The number of anilines is 1. The van der Waals surface area contributed by atoms with E-state index in [1.165, 1.54) is 0 Å². The second-order valence-electron chi connectivity index (χ2n) is 5.23. The lowest BCUT2D eigenvalue weighted by atomic mass is 10.0. The Kier molecular flexibility index (Phi) is 5.83. The second-order valence-corrected chi connectivity index (χ2v) is 5.23. The van der Waals surface area contributed by atoms with Crippen molar-refractivity contribution in [2.24, 2.45) is 5.92 Å². The predicted molar refractivity (Wildman–Crippen MR) is 76.3 cm³/mol. The number of ether oxygens (including phenoxy) is 1. The van der Waals surface area contributed by atoms with Crippen molar-refractivity contribution in [1.29, 1.82) is 0 Å². The summed E-state index contributed by atoms with van der Waals surface area (Å²) in [5.74, 6) is 0.499. The van der Waals surface area contributed by atoms with E-state index in [9.17, 15) is 9.90 Å². The molecule has 2 N–H and O–H groups in total.